The summed E-state index contributed by atoms with van der Waals surface area (Å²) in [7, 11) is 0. The number of carbonyl (C=O) groups is 1. The Bertz CT molecular complexity index is 2220. The molecule has 1 aliphatic rings. The summed E-state index contributed by atoms with van der Waals surface area (Å²) in [6, 6.07) is 27.1. The maximum absolute atomic E-state index is 14.0. The Morgan fingerprint density at radius 1 is 1.00 bits per heavy atom. The zero-order valence-electron chi connectivity index (χ0n) is 27.1. The van der Waals surface area contributed by atoms with E-state index in [1.807, 2.05) is 59.4 Å². The van der Waals surface area contributed by atoms with E-state index in [0.29, 0.717) is 59.6 Å². The summed E-state index contributed by atoms with van der Waals surface area (Å²) in [5, 5.41) is 26.2. The van der Waals surface area contributed by atoms with Gasteiger partial charge in [0.15, 0.2) is 0 Å². The molecule has 0 radical (unpaired) electrons. The maximum atomic E-state index is 14.0. The van der Waals surface area contributed by atoms with Gasteiger partial charge in [0.25, 0.3) is 0 Å². The first kappa shape index (κ1) is 33.4. The number of amides is 1. The second-order valence-electron chi connectivity index (χ2n) is 12.2. The minimum absolute atomic E-state index is 0.0167. The molecule has 1 aliphatic heterocycles. The van der Waals surface area contributed by atoms with Gasteiger partial charge in [-0.25, -0.2) is 18.3 Å². The van der Waals surface area contributed by atoms with Crippen LogP contribution in [0, 0.1) is 23.0 Å². The van der Waals surface area contributed by atoms with Crippen LogP contribution in [0.25, 0.3) is 10.9 Å². The number of ether oxygens (including phenoxy) is 1. The number of aromatic nitrogens is 4. The number of hydrogen-bond acceptors (Lipinski definition) is 8. The number of nitrogens with zero attached hydrogens (tertiary/aromatic N) is 6. The molecule has 2 aromatic heterocycles. The third kappa shape index (κ3) is 7.59. The Morgan fingerprint density at radius 2 is 1.76 bits per heavy atom. The van der Waals surface area contributed by atoms with Crippen molar-refractivity contribution in [3.8, 4) is 6.07 Å². The van der Waals surface area contributed by atoms with Gasteiger partial charge in [-0.3, -0.25) is 4.98 Å². The quantitative estimate of drug-likeness (QED) is 0.154. The molecule has 7 rings (SSSR count). The zero-order chi connectivity index (χ0) is 35.3. The van der Waals surface area contributed by atoms with Gasteiger partial charge in [0.05, 0.1) is 40.1 Å². The van der Waals surface area contributed by atoms with Gasteiger partial charge in [-0.15, -0.1) is 5.10 Å². The van der Waals surface area contributed by atoms with Gasteiger partial charge in [0.1, 0.15) is 30.0 Å². The third-order valence-corrected chi connectivity index (χ3v) is 9.11. The van der Waals surface area contributed by atoms with E-state index in [0.717, 1.165) is 11.1 Å². The number of carbonyl (C=O) groups excluding carboxylic acids is 1. The van der Waals surface area contributed by atoms with Crippen LogP contribution in [0.2, 0.25) is 5.02 Å². The molecule has 0 aliphatic carbocycles. The van der Waals surface area contributed by atoms with Crippen molar-refractivity contribution >= 4 is 45.7 Å². The molecule has 3 heterocycles. The summed E-state index contributed by atoms with van der Waals surface area (Å²) in [6.45, 7) is 1.25. The van der Waals surface area contributed by atoms with Gasteiger partial charge in [-0.05, 0) is 72.5 Å². The number of piperidine rings is 1. The van der Waals surface area contributed by atoms with Crippen LogP contribution < -0.4 is 10.6 Å². The summed E-state index contributed by atoms with van der Waals surface area (Å²) in [5.41, 5.74) is 4.85. The lowest BCUT2D eigenvalue weighted by Crippen LogP contribution is -2.39. The van der Waals surface area contributed by atoms with E-state index in [2.05, 4.69) is 32.0 Å². The predicted molar refractivity (Wildman–Crippen MR) is 190 cm³/mol. The first-order valence-electron chi connectivity index (χ1n) is 16.3. The minimum atomic E-state index is -0.553. The van der Waals surface area contributed by atoms with Crippen LogP contribution in [0.1, 0.15) is 47.3 Å². The molecule has 4 aromatic carbocycles. The molecule has 1 saturated heterocycles. The molecule has 0 saturated carbocycles. The topological polar surface area (TPSA) is 121 Å². The van der Waals surface area contributed by atoms with Gasteiger partial charge in [0.2, 0.25) is 0 Å². The number of rotatable bonds is 9. The number of pyridine rings is 1. The van der Waals surface area contributed by atoms with E-state index >= 15 is 0 Å². The second-order valence-corrected chi connectivity index (χ2v) is 12.6. The normalized spacial score (nSPS) is 13.8. The number of likely N-dealkylation sites (tertiary alicyclic amines) is 1. The highest BCUT2D eigenvalue weighted by Crippen LogP contribution is 2.34. The fourth-order valence-corrected chi connectivity index (χ4v) is 6.28. The van der Waals surface area contributed by atoms with Crippen molar-refractivity contribution in [2.24, 2.45) is 0 Å². The molecule has 13 heteroatoms. The summed E-state index contributed by atoms with van der Waals surface area (Å²) in [6.07, 6.45) is 4.35. The minimum Gasteiger partial charge on any atom is -0.445 e. The predicted octanol–water partition coefficient (Wildman–Crippen LogP) is 8.55. The Kier molecular flexibility index (Phi) is 9.72. The number of fused-ring (bicyclic) bond motifs is 1. The molecular formula is C38H31ClF2N8O2. The monoisotopic (exact) mass is 704 g/mol. The van der Waals surface area contributed by atoms with E-state index in [-0.39, 0.29) is 35.1 Å². The molecule has 1 fully saturated rings. The van der Waals surface area contributed by atoms with Crippen molar-refractivity contribution in [1.82, 2.24) is 24.9 Å². The van der Waals surface area contributed by atoms with Gasteiger partial charge < -0.3 is 20.3 Å². The van der Waals surface area contributed by atoms with Gasteiger partial charge >= 0.3 is 6.09 Å². The first-order valence-corrected chi connectivity index (χ1v) is 16.7. The third-order valence-electron chi connectivity index (χ3n) is 8.82. The average Bonchev–Trinajstić information content (AvgIpc) is 3.65. The van der Waals surface area contributed by atoms with Crippen LogP contribution in [-0.2, 0) is 11.3 Å². The summed E-state index contributed by atoms with van der Waals surface area (Å²) < 4.78 is 35.2. The molecule has 6 aromatic rings. The fourth-order valence-electron chi connectivity index (χ4n) is 6.09. The maximum Gasteiger partial charge on any atom is 0.410 e. The van der Waals surface area contributed by atoms with E-state index in [9.17, 15) is 18.8 Å². The molecule has 10 nitrogen and oxygen atoms in total. The largest absolute Gasteiger partial charge is 0.445 e. The fraction of sp³-hybridized carbons (Fsp3) is 0.184. The van der Waals surface area contributed by atoms with Crippen LogP contribution in [0.4, 0.5) is 30.6 Å². The summed E-state index contributed by atoms with van der Waals surface area (Å²) in [5.74, 6) is -0.921. The number of hydrogen-bond donors (Lipinski definition) is 2. The van der Waals surface area contributed by atoms with Crippen LogP contribution in [0.15, 0.2) is 103 Å². The Morgan fingerprint density at radius 3 is 2.51 bits per heavy atom. The number of nitrogens with one attached hydrogen (secondary N) is 2. The number of halogens is 3. The van der Waals surface area contributed by atoms with Crippen LogP contribution in [-0.4, -0.2) is 44.1 Å². The second kappa shape index (κ2) is 14.8. The molecule has 1 unspecified atom stereocenters. The highest BCUT2D eigenvalue weighted by atomic mass is 35.5. The van der Waals surface area contributed by atoms with E-state index in [1.165, 1.54) is 36.5 Å². The smallest absolute Gasteiger partial charge is 0.410 e. The number of anilines is 3. The van der Waals surface area contributed by atoms with Crippen molar-refractivity contribution in [3.63, 3.8) is 0 Å². The summed E-state index contributed by atoms with van der Waals surface area (Å²) >= 11 is 6.02. The molecule has 51 heavy (non-hydrogen) atoms. The summed E-state index contributed by atoms with van der Waals surface area (Å²) in [4.78, 5) is 18.9. The Balaban J connectivity index is 1.11. The molecule has 256 valence electrons. The number of nitriles is 1. The van der Waals surface area contributed by atoms with Gasteiger partial charge in [0, 0.05) is 36.0 Å². The lowest BCUT2D eigenvalue weighted by atomic mass is 10.0. The average molecular weight is 705 g/mol. The van der Waals surface area contributed by atoms with E-state index in [4.69, 9.17) is 16.3 Å². The highest BCUT2D eigenvalue weighted by Gasteiger charge is 2.27. The van der Waals surface area contributed by atoms with Gasteiger partial charge in [-0.2, -0.15) is 5.26 Å². The lowest BCUT2D eigenvalue weighted by molar-refractivity contribution is 0.0820. The van der Waals surface area contributed by atoms with Crippen molar-refractivity contribution in [2.45, 2.75) is 31.5 Å². The number of benzene rings is 4. The van der Waals surface area contributed by atoms with Crippen LogP contribution in [0.3, 0.4) is 0 Å². The van der Waals surface area contributed by atoms with Crippen molar-refractivity contribution in [1.29, 1.82) is 5.26 Å². The standard InChI is InChI=1S/C38H31ClF2N8O2/c39-32-19-29(10-12-33(32)41)44-36-26(20-42)21-43-34-13-11-28(18-31(34)36)45-37(25-6-8-27(40)9-7-25)35-22-49(47-46-35)30-14-16-48(17-15-30)38(50)51-23-24-4-2-1-3-5-24/h1-13,18-19,21-22,30,37,45H,14-17,23H2,(H,43,44). The zero-order valence-corrected chi connectivity index (χ0v) is 27.9. The van der Waals surface area contributed by atoms with Crippen molar-refractivity contribution in [3.05, 3.63) is 142 Å². The van der Waals surface area contributed by atoms with Crippen molar-refractivity contribution < 1.29 is 18.3 Å². The van der Waals surface area contributed by atoms with Crippen LogP contribution >= 0.6 is 11.6 Å². The SMILES string of the molecule is N#Cc1cnc2ccc(NC(c3ccc(F)cc3)c3cn(C4CCN(C(=O)OCc5ccccc5)CC4)nn3)cc2c1Nc1ccc(F)c(Cl)c1. The molecule has 0 spiro atoms. The van der Waals surface area contributed by atoms with E-state index < -0.39 is 11.9 Å². The van der Waals surface area contributed by atoms with E-state index in [1.54, 1.807) is 17.0 Å². The Labute approximate surface area is 297 Å². The van der Waals surface area contributed by atoms with Crippen LogP contribution in [0.5, 0.6) is 0 Å². The lowest BCUT2D eigenvalue weighted by Gasteiger charge is -2.31. The first-order chi connectivity index (χ1) is 24.8. The Hall–Kier alpha value is -6.06. The van der Waals surface area contributed by atoms with Gasteiger partial charge in [-0.1, -0.05) is 59.3 Å². The molecule has 0 bridgehead atoms. The van der Waals surface area contributed by atoms with Crippen molar-refractivity contribution in [2.75, 3.05) is 23.7 Å². The molecule has 1 amide bonds. The highest BCUT2D eigenvalue weighted by molar-refractivity contribution is 6.31. The molecule has 2 N–H and O–H groups in total. The molecular weight excluding hydrogens is 674 g/mol. The molecule has 1 atom stereocenters.